The Morgan fingerprint density at radius 2 is 2.02 bits per heavy atom. The fourth-order valence-corrected chi connectivity index (χ4v) is 6.08. The van der Waals surface area contributed by atoms with Crippen molar-refractivity contribution in [2.24, 2.45) is 0 Å². The maximum absolute atomic E-state index is 14.3. The molecular formula is C32H24FN6O3S. The number of nitrogens with zero attached hydrogens (tertiary/aromatic N) is 6. The number of ether oxygens (including phenoxy) is 1. The number of aromatic carboxylic acids is 1. The van der Waals surface area contributed by atoms with Crippen LogP contribution in [0.15, 0.2) is 66.3 Å². The molecule has 0 bridgehead atoms. The van der Waals surface area contributed by atoms with E-state index in [1.807, 2.05) is 24.4 Å². The number of hydrogen-bond donors (Lipinski definition) is 1. The molecule has 0 spiro atoms. The number of pyridine rings is 1. The molecule has 1 saturated carbocycles. The van der Waals surface area contributed by atoms with E-state index in [0.29, 0.717) is 24.5 Å². The van der Waals surface area contributed by atoms with E-state index < -0.39 is 11.8 Å². The molecule has 0 atom stereocenters. The first-order valence-corrected chi connectivity index (χ1v) is 14.6. The van der Waals surface area contributed by atoms with Crippen LogP contribution in [0.3, 0.4) is 0 Å². The highest BCUT2D eigenvalue weighted by Gasteiger charge is 2.52. The minimum atomic E-state index is -0.967. The van der Waals surface area contributed by atoms with Gasteiger partial charge >= 0.3 is 5.97 Å². The molecule has 1 aliphatic carbocycles. The summed E-state index contributed by atoms with van der Waals surface area (Å²) in [7, 11) is 0. The first-order chi connectivity index (χ1) is 21.0. The van der Waals surface area contributed by atoms with Gasteiger partial charge in [-0.05, 0) is 49.2 Å². The molecule has 5 aromatic rings. The number of thiazole rings is 1. The molecule has 213 valence electrons. The van der Waals surface area contributed by atoms with E-state index in [1.54, 1.807) is 53.2 Å². The molecule has 0 amide bonds. The molecule has 2 fully saturated rings. The van der Waals surface area contributed by atoms with Crippen molar-refractivity contribution in [3.05, 3.63) is 123 Å². The van der Waals surface area contributed by atoms with Crippen LogP contribution >= 0.6 is 11.3 Å². The fraction of sp³-hybridized carbons (Fsp3) is 0.188. The smallest absolute Gasteiger partial charge is 0.335 e. The average molecular weight is 592 g/mol. The van der Waals surface area contributed by atoms with Crippen molar-refractivity contribution >= 4 is 28.3 Å². The van der Waals surface area contributed by atoms with E-state index in [9.17, 15) is 14.3 Å². The van der Waals surface area contributed by atoms with Gasteiger partial charge in [-0.15, -0.1) is 11.3 Å². The third kappa shape index (κ3) is 5.47. The molecule has 3 aromatic heterocycles. The fourth-order valence-electron chi connectivity index (χ4n) is 5.49. The van der Waals surface area contributed by atoms with Crippen molar-refractivity contribution in [3.8, 4) is 11.9 Å². The van der Waals surface area contributed by atoms with Crippen LogP contribution < -0.4 is 4.74 Å². The molecule has 0 unspecified atom stereocenters. The Morgan fingerprint density at radius 1 is 1.12 bits per heavy atom. The van der Waals surface area contributed by atoms with Crippen molar-refractivity contribution < 1.29 is 19.0 Å². The monoisotopic (exact) mass is 591 g/mol. The molecule has 1 saturated heterocycles. The van der Waals surface area contributed by atoms with Crippen molar-refractivity contribution in [1.82, 2.24) is 24.4 Å². The number of piperidine rings is 1. The van der Waals surface area contributed by atoms with E-state index in [-0.39, 0.29) is 17.7 Å². The number of likely N-dealkylation sites (tertiary alicyclic amines) is 1. The van der Waals surface area contributed by atoms with Gasteiger partial charge in [0.2, 0.25) is 5.88 Å². The maximum Gasteiger partial charge on any atom is 0.335 e. The molecule has 7 rings (SSSR count). The second-order valence-electron chi connectivity index (χ2n) is 10.4. The number of carboxylic acid groups (broad SMARTS) is 1. The Balaban J connectivity index is 1.06. The number of aromatic nitrogens is 4. The molecule has 1 aliphatic heterocycles. The first kappa shape index (κ1) is 27.2. The molecule has 1 N–H and O–H groups in total. The Bertz CT molecular complexity index is 1870. The second-order valence-corrected chi connectivity index (χ2v) is 11.4. The summed E-state index contributed by atoms with van der Waals surface area (Å²) in [6.07, 6.45) is 3.51. The van der Waals surface area contributed by atoms with Crippen LogP contribution in [0.2, 0.25) is 0 Å². The summed E-state index contributed by atoms with van der Waals surface area (Å²) in [4.78, 5) is 28.9. The lowest BCUT2D eigenvalue weighted by atomic mass is 9.92. The van der Waals surface area contributed by atoms with Gasteiger partial charge in [0.25, 0.3) is 0 Å². The van der Waals surface area contributed by atoms with Gasteiger partial charge < -0.3 is 14.4 Å². The van der Waals surface area contributed by atoms with Crippen LogP contribution in [-0.2, 0) is 19.7 Å². The molecule has 2 aliphatic rings. The third-order valence-electron chi connectivity index (χ3n) is 7.74. The summed E-state index contributed by atoms with van der Waals surface area (Å²) >= 11 is 1.56. The number of nitriles is 1. The third-order valence-corrected chi connectivity index (χ3v) is 8.50. The number of imidazole rings is 1. The van der Waals surface area contributed by atoms with E-state index >= 15 is 0 Å². The van der Waals surface area contributed by atoms with Crippen LogP contribution in [0.25, 0.3) is 11.0 Å². The minimum Gasteiger partial charge on any atom is -0.478 e. The molecule has 43 heavy (non-hydrogen) atoms. The van der Waals surface area contributed by atoms with Gasteiger partial charge in [-0.2, -0.15) is 5.26 Å². The van der Waals surface area contributed by atoms with Crippen LogP contribution in [0.1, 0.15) is 50.7 Å². The number of hydrogen-bond acceptors (Lipinski definition) is 8. The quantitative estimate of drug-likeness (QED) is 0.237. The largest absolute Gasteiger partial charge is 0.478 e. The van der Waals surface area contributed by atoms with Crippen molar-refractivity contribution in [2.75, 3.05) is 6.54 Å². The summed E-state index contributed by atoms with van der Waals surface area (Å²) in [5, 5.41) is 18.5. The van der Waals surface area contributed by atoms with E-state index in [0.717, 1.165) is 46.8 Å². The maximum atomic E-state index is 14.3. The Hall–Kier alpha value is -4.66. The molecule has 3 radical (unpaired) electrons. The lowest BCUT2D eigenvalue weighted by Crippen LogP contribution is -2.31. The predicted octanol–water partition coefficient (Wildman–Crippen LogP) is 5.56. The lowest BCUT2D eigenvalue weighted by molar-refractivity contribution is 0.0697. The predicted molar refractivity (Wildman–Crippen MR) is 156 cm³/mol. The van der Waals surface area contributed by atoms with E-state index in [2.05, 4.69) is 14.5 Å². The highest BCUT2D eigenvalue weighted by atomic mass is 32.1. The lowest BCUT2D eigenvalue weighted by Gasteiger charge is -2.30. The van der Waals surface area contributed by atoms with Crippen molar-refractivity contribution in [2.45, 2.75) is 32.5 Å². The minimum absolute atomic E-state index is 0.0154. The molecular weight excluding hydrogens is 567 g/mol. The normalized spacial score (nSPS) is 15.8. The Labute approximate surface area is 250 Å². The number of halogens is 1. The van der Waals surface area contributed by atoms with Gasteiger partial charge in [0.1, 0.15) is 18.2 Å². The number of carboxylic acids is 1. The first-order valence-electron chi connectivity index (χ1n) is 13.7. The number of rotatable bonds is 9. The van der Waals surface area contributed by atoms with Gasteiger partial charge in [0, 0.05) is 47.1 Å². The molecule has 4 heterocycles. The zero-order valence-electron chi connectivity index (χ0n) is 22.8. The topological polar surface area (TPSA) is 117 Å². The summed E-state index contributed by atoms with van der Waals surface area (Å²) < 4.78 is 22.2. The standard InChI is InChI=1S/C32H24FN6O3S/c33-25-10-19(13-34)4-5-21(25)17-42-31-3-1-2-26(37-31)23-8-9-38(28-12-24(23)28)16-30-36-27-7-6-20(32(40)41)11-29(27)39(30)15-22-14-35-18-43-22/h1-7,10-11,14,18H,8-9,12,15-17H2,(H,40,41). The number of benzene rings is 2. The van der Waals surface area contributed by atoms with Gasteiger partial charge in [-0.1, -0.05) is 12.1 Å². The molecule has 9 nitrogen and oxygen atoms in total. The van der Waals surface area contributed by atoms with Gasteiger partial charge in [-0.25, -0.2) is 19.2 Å². The summed E-state index contributed by atoms with van der Waals surface area (Å²) in [5.41, 5.74) is 5.05. The molecule has 2 aromatic carbocycles. The second kappa shape index (κ2) is 11.2. The van der Waals surface area contributed by atoms with Gasteiger partial charge in [0.05, 0.1) is 52.5 Å². The van der Waals surface area contributed by atoms with Crippen molar-refractivity contribution in [1.29, 1.82) is 5.26 Å². The Kier molecular flexibility index (Phi) is 7.08. The van der Waals surface area contributed by atoms with Gasteiger partial charge in [0.15, 0.2) is 0 Å². The van der Waals surface area contributed by atoms with E-state index in [1.165, 1.54) is 23.9 Å². The SMILES string of the molecule is N#Cc1ccc(COc2cccc([C]3CCN(Cc4nc5ccc(C(=O)O)cc5n4Cc4cncs4)[C]4C[C]34)n2)c(F)c1. The van der Waals surface area contributed by atoms with Crippen LogP contribution in [-0.4, -0.2) is 42.0 Å². The van der Waals surface area contributed by atoms with Crippen LogP contribution in [0.4, 0.5) is 4.39 Å². The van der Waals surface area contributed by atoms with Crippen molar-refractivity contribution in [3.63, 3.8) is 0 Å². The highest BCUT2D eigenvalue weighted by molar-refractivity contribution is 7.09. The van der Waals surface area contributed by atoms with Crippen LogP contribution in [0.5, 0.6) is 5.88 Å². The molecule has 11 heteroatoms. The number of carbonyl (C=O) groups is 1. The average Bonchev–Trinajstić information content (AvgIpc) is 3.53. The van der Waals surface area contributed by atoms with Gasteiger partial charge in [-0.3, -0.25) is 9.88 Å². The highest BCUT2D eigenvalue weighted by Crippen LogP contribution is 2.58. The zero-order valence-corrected chi connectivity index (χ0v) is 23.6. The summed E-state index contributed by atoms with van der Waals surface area (Å²) in [6, 6.07) is 18.2. The Morgan fingerprint density at radius 3 is 2.81 bits per heavy atom. The van der Waals surface area contributed by atoms with Crippen LogP contribution in [0, 0.1) is 35.0 Å². The zero-order chi connectivity index (χ0) is 29.5. The van der Waals surface area contributed by atoms with E-state index in [4.69, 9.17) is 20.0 Å². The summed E-state index contributed by atoms with van der Waals surface area (Å²) in [5.74, 6) is 2.30. The summed E-state index contributed by atoms with van der Waals surface area (Å²) in [6.45, 7) is 1.98. The number of fused-ring (bicyclic) bond motifs is 2.